The second-order valence-corrected chi connectivity index (χ2v) is 6.55. The lowest BCUT2D eigenvalue weighted by atomic mass is 10.2. The number of urea groups is 1. The summed E-state index contributed by atoms with van der Waals surface area (Å²) in [7, 11) is 0. The number of aromatic nitrogens is 3. The van der Waals surface area contributed by atoms with E-state index in [4.69, 9.17) is 4.74 Å². The van der Waals surface area contributed by atoms with Crippen LogP contribution in [0.15, 0.2) is 42.6 Å². The number of amides is 2. The summed E-state index contributed by atoms with van der Waals surface area (Å²) in [6.45, 7) is 5.63. The first-order chi connectivity index (χ1) is 14.2. The smallest absolute Gasteiger partial charge is 0.320 e. The molecule has 0 saturated carbocycles. The third-order valence-corrected chi connectivity index (χ3v) is 4.48. The van der Waals surface area contributed by atoms with Gasteiger partial charge < -0.3 is 20.3 Å². The van der Waals surface area contributed by atoms with Crippen LogP contribution in [0.1, 0.15) is 6.92 Å². The van der Waals surface area contributed by atoms with Crippen molar-refractivity contribution in [2.75, 3.05) is 48.4 Å². The Balaban J connectivity index is 1.52. The second-order valence-electron chi connectivity index (χ2n) is 6.55. The monoisotopic (exact) mass is 393 g/mol. The van der Waals surface area contributed by atoms with E-state index in [1.807, 2.05) is 19.1 Å². The molecule has 0 spiro atoms. The van der Waals surface area contributed by atoms with Gasteiger partial charge in [-0.1, -0.05) is 6.07 Å². The van der Waals surface area contributed by atoms with Gasteiger partial charge in [-0.2, -0.15) is 0 Å². The zero-order valence-electron chi connectivity index (χ0n) is 16.2. The lowest BCUT2D eigenvalue weighted by molar-refractivity contribution is 0.122. The average Bonchev–Trinajstić information content (AvgIpc) is 2.74. The number of carbonyl (C=O) groups is 1. The largest absolute Gasteiger partial charge is 0.378 e. The molecule has 0 unspecified atom stereocenters. The van der Waals surface area contributed by atoms with Gasteiger partial charge in [0.2, 0.25) is 0 Å². The molecule has 3 aromatic rings. The molecule has 0 atom stereocenters. The normalized spacial score (nSPS) is 13.9. The van der Waals surface area contributed by atoms with E-state index in [-0.39, 0.29) is 6.03 Å². The summed E-state index contributed by atoms with van der Waals surface area (Å²) in [5, 5.41) is 8.64. The van der Waals surface area contributed by atoms with E-state index in [1.54, 1.807) is 18.3 Å². The van der Waals surface area contributed by atoms with E-state index in [1.165, 1.54) is 0 Å². The quantitative estimate of drug-likeness (QED) is 0.612. The van der Waals surface area contributed by atoms with Gasteiger partial charge in [0.1, 0.15) is 11.3 Å². The van der Waals surface area contributed by atoms with Crippen LogP contribution in [0.5, 0.6) is 0 Å². The van der Waals surface area contributed by atoms with Crippen LogP contribution in [0, 0.1) is 0 Å². The molecular formula is C20H23N7O2. The van der Waals surface area contributed by atoms with Crippen LogP contribution in [0.3, 0.4) is 0 Å². The van der Waals surface area contributed by atoms with Gasteiger partial charge in [0, 0.05) is 31.0 Å². The van der Waals surface area contributed by atoms with Crippen molar-refractivity contribution in [1.29, 1.82) is 0 Å². The molecular weight excluding hydrogens is 370 g/mol. The average molecular weight is 393 g/mol. The van der Waals surface area contributed by atoms with Crippen LogP contribution >= 0.6 is 0 Å². The number of hydrogen-bond donors (Lipinski definition) is 3. The Labute approximate surface area is 168 Å². The molecule has 9 nitrogen and oxygen atoms in total. The van der Waals surface area contributed by atoms with E-state index < -0.39 is 0 Å². The standard InChI is InChI=1S/C20H23N7O2/c1-2-21-20(28)26-17-7-6-16-19(24-17)25-18(13-22-16)23-14-4-3-5-15(12-14)27-8-10-29-11-9-27/h3-7,12-13H,2,8-11H2,1H3,(H3,21,23,24,25,26,28). The van der Waals surface area contributed by atoms with Crippen LogP contribution in [0.2, 0.25) is 0 Å². The van der Waals surface area contributed by atoms with Crippen molar-refractivity contribution in [3.05, 3.63) is 42.6 Å². The van der Waals surface area contributed by atoms with E-state index in [0.29, 0.717) is 29.3 Å². The zero-order chi connectivity index (χ0) is 20.1. The molecule has 0 aliphatic carbocycles. The number of benzene rings is 1. The number of anilines is 4. The Kier molecular flexibility index (Phi) is 5.66. The van der Waals surface area contributed by atoms with Gasteiger partial charge in [0.25, 0.3) is 0 Å². The first kappa shape index (κ1) is 18.9. The van der Waals surface area contributed by atoms with Crippen LogP contribution in [-0.2, 0) is 4.74 Å². The number of nitrogens with zero attached hydrogens (tertiary/aromatic N) is 4. The highest BCUT2D eigenvalue weighted by atomic mass is 16.5. The number of carbonyl (C=O) groups excluding carboxylic acids is 1. The molecule has 2 amide bonds. The summed E-state index contributed by atoms with van der Waals surface area (Å²) in [5.74, 6) is 1.00. The second kappa shape index (κ2) is 8.70. The van der Waals surface area contributed by atoms with Crippen molar-refractivity contribution >= 4 is 40.2 Å². The lowest BCUT2D eigenvalue weighted by Crippen LogP contribution is -2.36. The number of fused-ring (bicyclic) bond motifs is 1. The lowest BCUT2D eigenvalue weighted by Gasteiger charge is -2.29. The highest BCUT2D eigenvalue weighted by Gasteiger charge is 2.12. The number of rotatable bonds is 5. The summed E-state index contributed by atoms with van der Waals surface area (Å²) < 4.78 is 5.42. The van der Waals surface area contributed by atoms with E-state index in [0.717, 1.165) is 37.7 Å². The van der Waals surface area contributed by atoms with Crippen molar-refractivity contribution in [3.63, 3.8) is 0 Å². The number of ether oxygens (including phenoxy) is 1. The van der Waals surface area contributed by atoms with Gasteiger partial charge in [0.05, 0.1) is 19.4 Å². The van der Waals surface area contributed by atoms with Crippen molar-refractivity contribution in [2.45, 2.75) is 6.92 Å². The third-order valence-electron chi connectivity index (χ3n) is 4.48. The van der Waals surface area contributed by atoms with E-state index in [9.17, 15) is 4.79 Å². The first-order valence-electron chi connectivity index (χ1n) is 9.60. The zero-order valence-corrected chi connectivity index (χ0v) is 16.2. The van der Waals surface area contributed by atoms with E-state index >= 15 is 0 Å². The Morgan fingerprint density at radius 2 is 1.97 bits per heavy atom. The summed E-state index contributed by atoms with van der Waals surface area (Å²) in [4.78, 5) is 27.3. The number of hydrogen-bond acceptors (Lipinski definition) is 7. The van der Waals surface area contributed by atoms with Crippen molar-refractivity contribution in [1.82, 2.24) is 20.3 Å². The van der Waals surface area contributed by atoms with Crippen LogP contribution in [0.25, 0.3) is 11.2 Å². The molecule has 0 radical (unpaired) electrons. The Morgan fingerprint density at radius 1 is 1.14 bits per heavy atom. The molecule has 0 bridgehead atoms. The van der Waals surface area contributed by atoms with Gasteiger partial charge >= 0.3 is 6.03 Å². The summed E-state index contributed by atoms with van der Waals surface area (Å²) >= 11 is 0. The molecule has 1 aliphatic rings. The van der Waals surface area contributed by atoms with Crippen LogP contribution < -0.4 is 20.9 Å². The number of morpholine rings is 1. The predicted molar refractivity (Wildman–Crippen MR) is 113 cm³/mol. The Morgan fingerprint density at radius 3 is 2.79 bits per heavy atom. The minimum absolute atomic E-state index is 0.304. The molecule has 2 aromatic heterocycles. The summed E-state index contributed by atoms with van der Waals surface area (Å²) in [5.41, 5.74) is 3.16. The molecule has 1 saturated heterocycles. The van der Waals surface area contributed by atoms with Crippen molar-refractivity contribution < 1.29 is 9.53 Å². The SMILES string of the molecule is CCNC(=O)Nc1ccc2ncc(Nc3cccc(N4CCOCC4)c3)nc2n1. The minimum Gasteiger partial charge on any atom is -0.378 e. The molecule has 1 fully saturated rings. The topological polar surface area (TPSA) is 104 Å². The molecule has 1 aromatic carbocycles. The minimum atomic E-state index is -0.304. The maximum Gasteiger partial charge on any atom is 0.320 e. The molecule has 150 valence electrons. The van der Waals surface area contributed by atoms with Crippen molar-refractivity contribution in [3.8, 4) is 0 Å². The maximum absolute atomic E-state index is 11.7. The molecule has 29 heavy (non-hydrogen) atoms. The Hall–Kier alpha value is -3.46. The highest BCUT2D eigenvalue weighted by Crippen LogP contribution is 2.23. The van der Waals surface area contributed by atoms with Gasteiger partial charge in [0.15, 0.2) is 11.5 Å². The van der Waals surface area contributed by atoms with Crippen molar-refractivity contribution in [2.24, 2.45) is 0 Å². The fourth-order valence-electron chi connectivity index (χ4n) is 3.10. The van der Waals surface area contributed by atoms with Gasteiger partial charge in [-0.3, -0.25) is 5.32 Å². The van der Waals surface area contributed by atoms with Crippen LogP contribution in [0.4, 0.5) is 27.8 Å². The van der Waals surface area contributed by atoms with Gasteiger partial charge in [-0.25, -0.2) is 19.7 Å². The molecule has 3 N–H and O–H groups in total. The summed E-state index contributed by atoms with van der Waals surface area (Å²) in [6.07, 6.45) is 1.67. The number of pyridine rings is 1. The van der Waals surface area contributed by atoms with Crippen LogP contribution in [-0.4, -0.2) is 53.8 Å². The maximum atomic E-state index is 11.7. The molecule has 3 heterocycles. The molecule has 9 heteroatoms. The third kappa shape index (κ3) is 4.69. The predicted octanol–water partition coefficient (Wildman–Crippen LogP) is 2.75. The number of nitrogens with one attached hydrogen (secondary N) is 3. The van der Waals surface area contributed by atoms with E-state index in [2.05, 4.69) is 47.9 Å². The Bertz CT molecular complexity index is 1010. The first-order valence-corrected chi connectivity index (χ1v) is 9.60. The van der Waals surface area contributed by atoms with Gasteiger partial charge in [-0.05, 0) is 37.3 Å². The summed E-state index contributed by atoms with van der Waals surface area (Å²) in [6, 6.07) is 11.3. The molecule has 4 rings (SSSR count). The molecule has 1 aliphatic heterocycles. The van der Waals surface area contributed by atoms with Gasteiger partial charge in [-0.15, -0.1) is 0 Å². The fraction of sp³-hybridized carbons (Fsp3) is 0.300. The highest BCUT2D eigenvalue weighted by molar-refractivity contribution is 5.89. The fourth-order valence-corrected chi connectivity index (χ4v) is 3.10.